The van der Waals surface area contributed by atoms with Gasteiger partial charge in [0.25, 0.3) is 0 Å². The minimum atomic E-state index is 0.828. The summed E-state index contributed by atoms with van der Waals surface area (Å²) in [7, 11) is 0. The van der Waals surface area contributed by atoms with Crippen molar-refractivity contribution in [2.24, 2.45) is 0 Å². The van der Waals surface area contributed by atoms with E-state index in [0.29, 0.717) is 0 Å². The molecule has 4 rings (SSSR count). The Morgan fingerprint density at radius 3 is 2.11 bits per heavy atom. The fourth-order valence-electron chi connectivity index (χ4n) is 3.51. The van der Waals surface area contributed by atoms with Crippen molar-refractivity contribution in [1.29, 1.82) is 0 Å². The highest BCUT2D eigenvalue weighted by Crippen LogP contribution is 2.24. The molecule has 2 heterocycles. The summed E-state index contributed by atoms with van der Waals surface area (Å²) in [5.74, 6) is 1.99. The lowest BCUT2D eigenvalue weighted by Gasteiger charge is -2.26. The molecule has 0 unspecified atom stereocenters. The number of hydrogen-bond donors (Lipinski definition) is 0. The molecule has 0 bridgehead atoms. The zero-order chi connectivity index (χ0) is 18.3. The van der Waals surface area contributed by atoms with Crippen molar-refractivity contribution < 1.29 is 0 Å². The van der Waals surface area contributed by atoms with Gasteiger partial charge in [0, 0.05) is 5.75 Å². The maximum absolute atomic E-state index is 4.57. The molecule has 0 saturated carbocycles. The van der Waals surface area contributed by atoms with Gasteiger partial charge in [0.05, 0.1) is 13.1 Å². The first kappa shape index (κ1) is 18.3. The number of aromatic nitrogens is 3. The number of rotatable bonds is 7. The Kier molecular flexibility index (Phi) is 6.22. The second-order valence-corrected chi connectivity index (χ2v) is 8.02. The number of benzene rings is 2. The van der Waals surface area contributed by atoms with E-state index in [0.717, 1.165) is 29.8 Å². The van der Waals surface area contributed by atoms with Crippen LogP contribution in [0.2, 0.25) is 0 Å². The monoisotopic (exact) mass is 378 g/mol. The zero-order valence-electron chi connectivity index (χ0n) is 15.6. The van der Waals surface area contributed by atoms with Crippen LogP contribution in [0.3, 0.4) is 0 Å². The highest BCUT2D eigenvalue weighted by atomic mass is 32.2. The standard InChI is InChI=1S/C22H26N4S/c1-4-10-19(11-5-1)16-26-21(17-25-14-8-3-9-15-25)23-24-22(26)27-18-20-12-6-2-7-13-20/h1-2,4-7,10-13H,3,8-9,14-18H2. The Hall–Kier alpha value is -2.11. The van der Waals surface area contributed by atoms with Crippen molar-refractivity contribution in [3.8, 4) is 0 Å². The molecule has 1 aliphatic rings. The van der Waals surface area contributed by atoms with E-state index in [9.17, 15) is 0 Å². The van der Waals surface area contributed by atoms with Gasteiger partial charge in [-0.3, -0.25) is 4.90 Å². The molecule has 27 heavy (non-hydrogen) atoms. The molecule has 1 saturated heterocycles. The second-order valence-electron chi connectivity index (χ2n) is 7.08. The van der Waals surface area contributed by atoms with Crippen LogP contribution in [0, 0.1) is 0 Å². The van der Waals surface area contributed by atoms with Gasteiger partial charge in [0.2, 0.25) is 0 Å². The smallest absolute Gasteiger partial charge is 0.191 e. The molecule has 0 spiro atoms. The van der Waals surface area contributed by atoms with Crippen LogP contribution in [0.1, 0.15) is 36.2 Å². The van der Waals surface area contributed by atoms with Gasteiger partial charge in [0.15, 0.2) is 5.16 Å². The molecule has 5 heteroatoms. The predicted octanol–water partition coefficient (Wildman–Crippen LogP) is 4.60. The highest BCUT2D eigenvalue weighted by molar-refractivity contribution is 7.98. The molecule has 2 aromatic carbocycles. The van der Waals surface area contributed by atoms with E-state index >= 15 is 0 Å². The fraction of sp³-hybridized carbons (Fsp3) is 0.364. The number of hydrogen-bond acceptors (Lipinski definition) is 4. The quantitative estimate of drug-likeness (QED) is 0.563. The van der Waals surface area contributed by atoms with Crippen molar-refractivity contribution in [2.45, 2.75) is 43.3 Å². The minimum absolute atomic E-state index is 0.828. The Morgan fingerprint density at radius 2 is 1.41 bits per heavy atom. The molecule has 0 atom stereocenters. The average molecular weight is 379 g/mol. The molecule has 0 amide bonds. The zero-order valence-corrected chi connectivity index (χ0v) is 16.4. The van der Waals surface area contributed by atoms with Crippen molar-refractivity contribution in [2.75, 3.05) is 13.1 Å². The molecular weight excluding hydrogens is 352 g/mol. The van der Waals surface area contributed by atoms with E-state index in [1.165, 1.54) is 43.5 Å². The summed E-state index contributed by atoms with van der Waals surface area (Å²) in [6, 6.07) is 21.2. The minimum Gasteiger partial charge on any atom is -0.300 e. The molecule has 0 aliphatic carbocycles. The lowest BCUT2D eigenvalue weighted by Crippen LogP contribution is -2.30. The predicted molar refractivity (Wildman–Crippen MR) is 111 cm³/mol. The molecule has 3 aromatic rings. The Bertz CT molecular complexity index is 826. The van der Waals surface area contributed by atoms with Crippen LogP contribution >= 0.6 is 11.8 Å². The molecule has 0 N–H and O–H groups in total. The Labute approximate surface area is 165 Å². The van der Waals surface area contributed by atoms with Crippen LogP contribution in [0.15, 0.2) is 65.8 Å². The second kappa shape index (κ2) is 9.20. The molecule has 4 nitrogen and oxygen atoms in total. The van der Waals surface area contributed by atoms with E-state index in [1.807, 2.05) is 0 Å². The molecule has 0 radical (unpaired) electrons. The number of piperidine rings is 1. The summed E-state index contributed by atoms with van der Waals surface area (Å²) in [6.07, 6.45) is 3.94. The molecular formula is C22H26N4S. The molecule has 140 valence electrons. The van der Waals surface area contributed by atoms with Crippen molar-refractivity contribution in [3.05, 3.63) is 77.6 Å². The lowest BCUT2D eigenvalue weighted by atomic mass is 10.1. The number of nitrogens with zero attached hydrogens (tertiary/aromatic N) is 4. The summed E-state index contributed by atoms with van der Waals surface area (Å²) in [6.45, 7) is 4.06. The Morgan fingerprint density at radius 1 is 0.741 bits per heavy atom. The summed E-state index contributed by atoms with van der Waals surface area (Å²) < 4.78 is 2.30. The van der Waals surface area contributed by atoms with Crippen LogP contribution in [0.5, 0.6) is 0 Å². The number of thioether (sulfide) groups is 1. The summed E-state index contributed by atoms with van der Waals surface area (Å²) in [5.41, 5.74) is 2.60. The summed E-state index contributed by atoms with van der Waals surface area (Å²) in [5, 5.41) is 10.1. The van der Waals surface area contributed by atoms with Gasteiger partial charge >= 0.3 is 0 Å². The first-order valence-electron chi connectivity index (χ1n) is 9.73. The van der Waals surface area contributed by atoms with Crippen LogP contribution in [-0.4, -0.2) is 32.8 Å². The number of likely N-dealkylation sites (tertiary alicyclic amines) is 1. The normalized spacial score (nSPS) is 15.1. The van der Waals surface area contributed by atoms with Gasteiger partial charge in [0.1, 0.15) is 5.82 Å². The van der Waals surface area contributed by atoms with E-state index in [4.69, 9.17) is 0 Å². The maximum atomic E-state index is 4.57. The molecule has 1 aliphatic heterocycles. The first-order valence-corrected chi connectivity index (χ1v) is 10.7. The van der Waals surface area contributed by atoms with Gasteiger partial charge < -0.3 is 4.57 Å². The van der Waals surface area contributed by atoms with Gasteiger partial charge in [-0.15, -0.1) is 10.2 Å². The van der Waals surface area contributed by atoms with E-state index < -0.39 is 0 Å². The van der Waals surface area contributed by atoms with Crippen LogP contribution in [0.4, 0.5) is 0 Å². The third-order valence-electron chi connectivity index (χ3n) is 5.00. The average Bonchev–Trinajstić information content (AvgIpc) is 3.10. The molecule has 1 fully saturated rings. The van der Waals surface area contributed by atoms with Crippen molar-refractivity contribution in [1.82, 2.24) is 19.7 Å². The van der Waals surface area contributed by atoms with Gasteiger partial charge in [-0.25, -0.2) is 0 Å². The Balaban J connectivity index is 1.53. The topological polar surface area (TPSA) is 34.0 Å². The van der Waals surface area contributed by atoms with Crippen molar-refractivity contribution in [3.63, 3.8) is 0 Å². The lowest BCUT2D eigenvalue weighted by molar-refractivity contribution is 0.213. The van der Waals surface area contributed by atoms with E-state index in [-0.39, 0.29) is 0 Å². The summed E-state index contributed by atoms with van der Waals surface area (Å²) in [4.78, 5) is 2.51. The van der Waals surface area contributed by atoms with Crippen LogP contribution in [-0.2, 0) is 18.8 Å². The SMILES string of the molecule is c1ccc(CSc2nnc(CN3CCCCC3)n2Cc2ccccc2)cc1. The highest BCUT2D eigenvalue weighted by Gasteiger charge is 2.18. The fourth-order valence-corrected chi connectivity index (χ4v) is 4.42. The first-order chi connectivity index (χ1) is 13.4. The van der Waals surface area contributed by atoms with Crippen LogP contribution < -0.4 is 0 Å². The summed E-state index contributed by atoms with van der Waals surface area (Å²) >= 11 is 1.77. The van der Waals surface area contributed by atoms with Gasteiger partial charge in [-0.05, 0) is 37.1 Å². The van der Waals surface area contributed by atoms with E-state index in [1.54, 1.807) is 11.8 Å². The van der Waals surface area contributed by atoms with Crippen molar-refractivity contribution >= 4 is 11.8 Å². The van der Waals surface area contributed by atoms with Gasteiger partial charge in [-0.1, -0.05) is 78.8 Å². The van der Waals surface area contributed by atoms with Gasteiger partial charge in [-0.2, -0.15) is 0 Å². The molecule has 1 aromatic heterocycles. The third-order valence-corrected chi connectivity index (χ3v) is 6.04. The maximum Gasteiger partial charge on any atom is 0.191 e. The van der Waals surface area contributed by atoms with E-state index in [2.05, 4.69) is 80.3 Å². The van der Waals surface area contributed by atoms with Crippen LogP contribution in [0.25, 0.3) is 0 Å². The third kappa shape index (κ3) is 4.99. The largest absolute Gasteiger partial charge is 0.300 e.